The van der Waals surface area contributed by atoms with Crippen LogP contribution in [0.1, 0.15) is 38.2 Å². The van der Waals surface area contributed by atoms with Crippen LogP contribution in [-0.4, -0.2) is 36.5 Å². The van der Waals surface area contributed by atoms with Crippen LogP contribution in [0.2, 0.25) is 5.02 Å². The molecule has 1 aliphatic heterocycles. The van der Waals surface area contributed by atoms with E-state index >= 15 is 0 Å². The van der Waals surface area contributed by atoms with E-state index in [4.69, 9.17) is 11.6 Å². The predicted octanol–water partition coefficient (Wildman–Crippen LogP) is 3.26. The summed E-state index contributed by atoms with van der Waals surface area (Å²) in [6.07, 6.45) is 5.17. The summed E-state index contributed by atoms with van der Waals surface area (Å²) >= 11 is 6.12. The molecule has 1 unspecified atom stereocenters. The van der Waals surface area contributed by atoms with Crippen molar-refractivity contribution in [1.82, 2.24) is 10.2 Å². The van der Waals surface area contributed by atoms with Crippen molar-refractivity contribution >= 4 is 17.5 Å². The molecule has 3 nitrogen and oxygen atoms in total. The maximum Gasteiger partial charge on any atom is 0.229 e. The normalized spacial score (nSPS) is 24.5. The Bertz CT molecular complexity index is 540. The number of piperazine rings is 1. The van der Waals surface area contributed by atoms with Crippen molar-refractivity contribution < 1.29 is 4.79 Å². The zero-order valence-corrected chi connectivity index (χ0v) is 14.0. The minimum atomic E-state index is -0.207. The second-order valence-electron chi connectivity index (χ2n) is 6.90. The monoisotopic (exact) mass is 320 g/mol. The number of amides is 1. The van der Waals surface area contributed by atoms with Gasteiger partial charge in [0, 0.05) is 30.7 Å². The third-order valence-corrected chi connectivity index (χ3v) is 5.34. The third-order valence-electron chi connectivity index (χ3n) is 5.10. The predicted molar refractivity (Wildman–Crippen MR) is 90.1 cm³/mol. The molecule has 22 heavy (non-hydrogen) atoms. The van der Waals surface area contributed by atoms with E-state index in [1.54, 1.807) is 0 Å². The number of carbonyl (C=O) groups excluding carboxylic acids is 1. The summed E-state index contributed by atoms with van der Waals surface area (Å²) in [5.41, 5.74) is 0.979. The lowest BCUT2D eigenvalue weighted by Gasteiger charge is -2.39. The number of nitrogens with one attached hydrogen (secondary N) is 1. The summed E-state index contributed by atoms with van der Waals surface area (Å²) in [5.74, 6) is 0.360. The minimum Gasteiger partial charge on any atom is -0.339 e. The van der Waals surface area contributed by atoms with Gasteiger partial charge in [0.05, 0.1) is 5.41 Å². The van der Waals surface area contributed by atoms with Crippen LogP contribution in [0.15, 0.2) is 24.3 Å². The van der Waals surface area contributed by atoms with Crippen molar-refractivity contribution in [3.8, 4) is 0 Å². The molecule has 4 heteroatoms. The van der Waals surface area contributed by atoms with Crippen molar-refractivity contribution in [3.63, 3.8) is 0 Å². The molecule has 0 radical (unpaired) electrons. The maximum atomic E-state index is 13.2. The Hall–Kier alpha value is -1.06. The van der Waals surface area contributed by atoms with Crippen molar-refractivity contribution in [2.24, 2.45) is 5.41 Å². The molecular formula is C18H25ClN2O. The van der Waals surface area contributed by atoms with E-state index in [1.165, 1.54) is 5.56 Å². The van der Waals surface area contributed by atoms with Gasteiger partial charge in [0.25, 0.3) is 0 Å². The highest BCUT2D eigenvalue weighted by atomic mass is 35.5. The largest absolute Gasteiger partial charge is 0.339 e. The molecule has 1 heterocycles. The molecule has 1 amide bonds. The Morgan fingerprint density at radius 3 is 2.86 bits per heavy atom. The number of hydrogen-bond donors (Lipinski definition) is 1. The molecule has 1 saturated carbocycles. The molecule has 3 rings (SSSR count). The zero-order chi connectivity index (χ0) is 15.6. The highest BCUT2D eigenvalue weighted by Crippen LogP contribution is 2.43. The molecule has 2 fully saturated rings. The van der Waals surface area contributed by atoms with Gasteiger partial charge < -0.3 is 10.2 Å². The topological polar surface area (TPSA) is 32.3 Å². The van der Waals surface area contributed by atoms with Crippen molar-refractivity contribution in [2.45, 2.75) is 45.1 Å². The van der Waals surface area contributed by atoms with Crippen LogP contribution in [-0.2, 0) is 11.2 Å². The molecular weight excluding hydrogens is 296 g/mol. The Morgan fingerprint density at radius 1 is 1.41 bits per heavy atom. The summed E-state index contributed by atoms with van der Waals surface area (Å²) in [6, 6.07) is 8.38. The molecule has 120 valence electrons. The quantitative estimate of drug-likeness (QED) is 0.927. The number of benzene rings is 1. The highest BCUT2D eigenvalue weighted by molar-refractivity contribution is 6.30. The second-order valence-corrected chi connectivity index (χ2v) is 7.34. The Balaban J connectivity index is 1.80. The summed E-state index contributed by atoms with van der Waals surface area (Å²) in [6.45, 7) is 4.72. The highest BCUT2D eigenvalue weighted by Gasteiger charge is 2.43. The van der Waals surface area contributed by atoms with Gasteiger partial charge in [-0.25, -0.2) is 0 Å². The van der Waals surface area contributed by atoms with Gasteiger partial charge in [0.1, 0.15) is 0 Å². The van der Waals surface area contributed by atoms with Crippen LogP contribution in [0.25, 0.3) is 0 Å². The summed E-state index contributed by atoms with van der Waals surface area (Å²) < 4.78 is 0. The van der Waals surface area contributed by atoms with Gasteiger partial charge in [0.2, 0.25) is 5.91 Å². The fourth-order valence-electron chi connectivity index (χ4n) is 4.01. The fraction of sp³-hybridized carbons (Fsp3) is 0.611. The van der Waals surface area contributed by atoms with Gasteiger partial charge in [-0.3, -0.25) is 4.79 Å². The number of rotatable bonds is 3. The number of halogens is 1. The molecule has 0 bridgehead atoms. The van der Waals surface area contributed by atoms with Crippen LogP contribution in [0.3, 0.4) is 0 Å². The molecule has 1 N–H and O–H groups in total. The molecule has 1 aromatic rings. The van der Waals surface area contributed by atoms with E-state index in [0.717, 1.165) is 56.8 Å². The number of hydrogen-bond acceptors (Lipinski definition) is 2. The van der Waals surface area contributed by atoms with E-state index < -0.39 is 0 Å². The van der Waals surface area contributed by atoms with Gasteiger partial charge in [-0.05, 0) is 43.9 Å². The average Bonchev–Trinajstić information content (AvgIpc) is 2.96. The van der Waals surface area contributed by atoms with Crippen molar-refractivity contribution in [2.75, 3.05) is 19.6 Å². The molecule has 0 aromatic heterocycles. The Labute approximate surface area is 138 Å². The van der Waals surface area contributed by atoms with Crippen LogP contribution in [0.5, 0.6) is 0 Å². The van der Waals surface area contributed by atoms with Crippen molar-refractivity contribution in [3.05, 3.63) is 34.9 Å². The minimum absolute atomic E-state index is 0.207. The summed E-state index contributed by atoms with van der Waals surface area (Å²) in [7, 11) is 0. The van der Waals surface area contributed by atoms with Crippen molar-refractivity contribution in [1.29, 1.82) is 0 Å². The lowest BCUT2D eigenvalue weighted by molar-refractivity contribution is -0.143. The van der Waals surface area contributed by atoms with E-state index in [1.807, 2.05) is 18.2 Å². The molecule has 1 atom stereocenters. The smallest absolute Gasteiger partial charge is 0.229 e. The number of nitrogens with zero attached hydrogens (tertiary/aromatic N) is 1. The zero-order valence-electron chi connectivity index (χ0n) is 13.3. The third kappa shape index (κ3) is 3.31. The molecule has 1 aromatic carbocycles. The lowest BCUT2D eigenvalue weighted by atomic mass is 9.78. The van der Waals surface area contributed by atoms with Gasteiger partial charge in [0.15, 0.2) is 0 Å². The maximum absolute atomic E-state index is 13.2. The molecule has 1 saturated heterocycles. The Kier molecular flexibility index (Phi) is 4.74. The SMILES string of the molecule is CC1CN(C(=O)C2(Cc3cccc(Cl)c3)CCCC2)CCN1. The van der Waals surface area contributed by atoms with Crippen LogP contribution >= 0.6 is 11.6 Å². The van der Waals surface area contributed by atoms with Crippen LogP contribution in [0.4, 0.5) is 0 Å². The Morgan fingerprint density at radius 2 is 2.18 bits per heavy atom. The summed E-state index contributed by atoms with van der Waals surface area (Å²) in [5, 5.41) is 4.17. The van der Waals surface area contributed by atoms with E-state index in [0.29, 0.717) is 11.9 Å². The first-order valence-corrected chi connectivity index (χ1v) is 8.74. The first-order valence-electron chi connectivity index (χ1n) is 8.36. The summed E-state index contributed by atoms with van der Waals surface area (Å²) in [4.78, 5) is 15.3. The lowest BCUT2D eigenvalue weighted by Crippen LogP contribution is -2.55. The van der Waals surface area contributed by atoms with Crippen LogP contribution < -0.4 is 5.32 Å². The number of carbonyl (C=O) groups is 1. The molecule has 0 spiro atoms. The second kappa shape index (κ2) is 6.59. The van der Waals surface area contributed by atoms with E-state index in [9.17, 15) is 4.79 Å². The first kappa shape index (κ1) is 15.8. The van der Waals surface area contributed by atoms with Gasteiger partial charge in [-0.15, -0.1) is 0 Å². The average molecular weight is 321 g/mol. The standard InChI is InChI=1S/C18H25ClN2O/c1-14-13-21(10-9-20-14)17(22)18(7-2-3-8-18)12-15-5-4-6-16(19)11-15/h4-6,11,14,20H,2-3,7-10,12-13H2,1H3. The molecule has 2 aliphatic rings. The van der Waals surface area contributed by atoms with E-state index in [2.05, 4.69) is 23.2 Å². The first-order chi connectivity index (χ1) is 10.6. The van der Waals surface area contributed by atoms with Gasteiger partial charge >= 0.3 is 0 Å². The van der Waals surface area contributed by atoms with E-state index in [-0.39, 0.29) is 5.41 Å². The molecule has 1 aliphatic carbocycles. The van der Waals surface area contributed by atoms with Crippen LogP contribution in [0, 0.1) is 5.41 Å². The fourth-order valence-corrected chi connectivity index (χ4v) is 4.22. The van der Waals surface area contributed by atoms with Gasteiger partial charge in [-0.1, -0.05) is 36.6 Å². The van der Waals surface area contributed by atoms with Gasteiger partial charge in [-0.2, -0.15) is 0 Å².